The number of nitrogens with two attached hydrogens (primary N) is 1. The Balaban J connectivity index is 2.51. The summed E-state index contributed by atoms with van der Waals surface area (Å²) >= 11 is 0. The third kappa shape index (κ3) is 12.3. The lowest BCUT2D eigenvalue weighted by Gasteiger charge is -2.18. The summed E-state index contributed by atoms with van der Waals surface area (Å²) in [7, 11) is 0. The second-order valence-electron chi connectivity index (χ2n) is 10.2. The third-order valence-electron chi connectivity index (χ3n) is 6.59. The van der Waals surface area contributed by atoms with Crippen molar-refractivity contribution in [2.45, 2.75) is 84.2 Å². The van der Waals surface area contributed by atoms with Crippen LogP contribution in [0.25, 0.3) is 11.1 Å². The van der Waals surface area contributed by atoms with Crippen LogP contribution in [-0.4, -0.2) is 50.3 Å². The molecule has 0 aromatic heterocycles. The highest BCUT2D eigenvalue weighted by atomic mass is 19.4. The Hall–Kier alpha value is -3.60. The monoisotopic (exact) mass is 608 g/mol. The van der Waals surface area contributed by atoms with Gasteiger partial charge in [-0.25, -0.2) is 9.59 Å². The molecule has 2 aromatic rings. The maximum atomic E-state index is 13.0. The van der Waals surface area contributed by atoms with Crippen molar-refractivity contribution in [2.75, 3.05) is 26.3 Å². The molecule has 238 valence electrons. The largest absolute Gasteiger partial charge is 0.493 e. The minimum Gasteiger partial charge on any atom is -0.493 e. The van der Waals surface area contributed by atoms with Gasteiger partial charge < -0.3 is 25.3 Å². The number of nitrogens with one attached hydrogen (secondary N) is 1. The van der Waals surface area contributed by atoms with E-state index in [1.165, 1.54) is 18.2 Å². The molecule has 0 unspecified atom stereocenters. The molecule has 0 bridgehead atoms. The van der Waals surface area contributed by atoms with Crippen molar-refractivity contribution >= 4 is 17.8 Å². The number of benzene rings is 2. The zero-order valence-corrected chi connectivity index (χ0v) is 25.0. The van der Waals surface area contributed by atoms with E-state index in [1.807, 2.05) is 0 Å². The van der Waals surface area contributed by atoms with Gasteiger partial charge in [0, 0.05) is 23.2 Å². The van der Waals surface area contributed by atoms with E-state index >= 15 is 0 Å². The standard InChI is InChI=1S/C32H43F3N2O6/c1-3-5-7-11-19-41-27-15-13-23(29(38)37-18-10-9-17-36)21-25(27)26-22-24(30(39)43-31(40)32(33,34)35)14-16-28(26)42-20-12-8-6-4-2/h13-16,21-22H,3-12,17-20,36H2,1-2H3,(H,37,38). The molecule has 1 amide bonds. The van der Waals surface area contributed by atoms with Crippen molar-refractivity contribution in [2.24, 2.45) is 5.73 Å². The van der Waals surface area contributed by atoms with Gasteiger partial charge in [-0.2, -0.15) is 13.2 Å². The number of esters is 2. The number of ether oxygens (including phenoxy) is 3. The molecule has 0 atom stereocenters. The number of unbranched alkanes of at least 4 members (excludes halogenated alkanes) is 7. The first-order valence-corrected chi connectivity index (χ1v) is 15.0. The summed E-state index contributed by atoms with van der Waals surface area (Å²) in [6.45, 7) is 5.89. The molecule has 0 spiro atoms. The van der Waals surface area contributed by atoms with Gasteiger partial charge in [-0.15, -0.1) is 0 Å². The molecule has 0 heterocycles. The first-order valence-electron chi connectivity index (χ1n) is 15.0. The molecule has 0 aliphatic rings. The first kappa shape index (κ1) is 35.6. The molecule has 43 heavy (non-hydrogen) atoms. The fourth-order valence-corrected chi connectivity index (χ4v) is 4.20. The van der Waals surface area contributed by atoms with Crippen LogP contribution in [0.3, 0.4) is 0 Å². The zero-order valence-electron chi connectivity index (χ0n) is 25.0. The molecular formula is C32H43F3N2O6. The Morgan fingerprint density at radius 1 is 0.744 bits per heavy atom. The summed E-state index contributed by atoms with van der Waals surface area (Å²) in [5.74, 6) is -3.66. The molecule has 0 aliphatic heterocycles. The minimum absolute atomic E-state index is 0.295. The second kappa shape index (κ2) is 18.8. The van der Waals surface area contributed by atoms with Crippen molar-refractivity contribution in [3.8, 4) is 22.6 Å². The van der Waals surface area contributed by atoms with Crippen LogP contribution in [0.2, 0.25) is 0 Å². The predicted molar refractivity (Wildman–Crippen MR) is 158 cm³/mol. The van der Waals surface area contributed by atoms with E-state index < -0.39 is 18.1 Å². The lowest BCUT2D eigenvalue weighted by atomic mass is 9.98. The topological polar surface area (TPSA) is 117 Å². The van der Waals surface area contributed by atoms with E-state index in [0.717, 1.165) is 57.8 Å². The van der Waals surface area contributed by atoms with E-state index in [2.05, 4.69) is 23.9 Å². The Morgan fingerprint density at radius 2 is 1.28 bits per heavy atom. The molecule has 3 N–H and O–H groups in total. The van der Waals surface area contributed by atoms with Gasteiger partial charge in [-0.05, 0) is 68.6 Å². The average molecular weight is 609 g/mol. The highest BCUT2D eigenvalue weighted by Gasteiger charge is 2.42. The van der Waals surface area contributed by atoms with Crippen LogP contribution in [0, 0.1) is 0 Å². The van der Waals surface area contributed by atoms with E-state index in [0.29, 0.717) is 60.9 Å². The van der Waals surface area contributed by atoms with Gasteiger partial charge in [0.15, 0.2) is 0 Å². The van der Waals surface area contributed by atoms with Gasteiger partial charge in [-0.1, -0.05) is 52.4 Å². The molecule has 8 nitrogen and oxygen atoms in total. The SMILES string of the molecule is CCCCCCOc1ccc(C(=O)NCCCCN)cc1-c1cc(C(=O)OC(=O)C(F)(F)F)ccc1OCCCCCC. The Labute approximate surface area is 251 Å². The quantitative estimate of drug-likeness (QED) is 0.100. The van der Waals surface area contributed by atoms with Crippen molar-refractivity contribution in [3.05, 3.63) is 47.5 Å². The summed E-state index contributed by atoms with van der Waals surface area (Å²) < 4.78 is 54.5. The minimum atomic E-state index is -5.33. The number of hydrogen-bond donors (Lipinski definition) is 2. The molecule has 2 aromatic carbocycles. The van der Waals surface area contributed by atoms with Gasteiger partial charge in [0.1, 0.15) is 11.5 Å². The number of hydrogen-bond acceptors (Lipinski definition) is 7. The van der Waals surface area contributed by atoms with Crippen molar-refractivity contribution in [3.63, 3.8) is 0 Å². The number of halogens is 3. The normalized spacial score (nSPS) is 11.2. The van der Waals surface area contributed by atoms with Crippen molar-refractivity contribution in [1.29, 1.82) is 0 Å². The smallest absolute Gasteiger partial charge is 0.491 e. The second-order valence-corrected chi connectivity index (χ2v) is 10.2. The van der Waals surface area contributed by atoms with E-state index in [9.17, 15) is 27.6 Å². The maximum absolute atomic E-state index is 13.0. The van der Waals surface area contributed by atoms with Crippen LogP contribution < -0.4 is 20.5 Å². The van der Waals surface area contributed by atoms with Gasteiger partial charge in [0.05, 0.1) is 18.8 Å². The molecule has 0 aliphatic carbocycles. The summed E-state index contributed by atoms with van der Waals surface area (Å²) in [4.78, 5) is 36.8. The van der Waals surface area contributed by atoms with Crippen LogP contribution in [0.5, 0.6) is 11.5 Å². The molecule has 0 radical (unpaired) electrons. The van der Waals surface area contributed by atoms with Crippen LogP contribution >= 0.6 is 0 Å². The molecule has 11 heteroatoms. The van der Waals surface area contributed by atoms with E-state index in [-0.39, 0.29) is 11.5 Å². The number of carbonyl (C=O) groups is 3. The van der Waals surface area contributed by atoms with E-state index in [4.69, 9.17) is 15.2 Å². The van der Waals surface area contributed by atoms with Gasteiger partial charge in [0.25, 0.3) is 5.91 Å². The van der Waals surface area contributed by atoms with Gasteiger partial charge in [-0.3, -0.25) is 4.79 Å². The molecule has 0 fully saturated rings. The summed E-state index contributed by atoms with van der Waals surface area (Å²) in [6, 6.07) is 8.82. The third-order valence-corrected chi connectivity index (χ3v) is 6.59. The lowest BCUT2D eigenvalue weighted by Crippen LogP contribution is -2.28. The summed E-state index contributed by atoms with van der Waals surface area (Å²) in [6.07, 6.45) is 3.80. The zero-order chi connectivity index (χ0) is 31.7. The van der Waals surface area contributed by atoms with Crippen molar-refractivity contribution in [1.82, 2.24) is 5.32 Å². The van der Waals surface area contributed by atoms with Crippen LogP contribution in [0.15, 0.2) is 36.4 Å². The van der Waals surface area contributed by atoms with Crippen LogP contribution in [0.4, 0.5) is 13.2 Å². The van der Waals surface area contributed by atoms with Gasteiger partial charge in [0.2, 0.25) is 0 Å². The fraction of sp³-hybridized carbons (Fsp3) is 0.531. The highest BCUT2D eigenvalue weighted by Crippen LogP contribution is 2.38. The predicted octanol–water partition coefficient (Wildman–Crippen LogP) is 6.99. The number of amides is 1. The molecule has 2 rings (SSSR count). The number of rotatable bonds is 19. The Bertz CT molecular complexity index is 1190. The molecule has 0 saturated carbocycles. The molecule has 0 saturated heterocycles. The van der Waals surface area contributed by atoms with Crippen LogP contribution in [-0.2, 0) is 9.53 Å². The fourth-order valence-electron chi connectivity index (χ4n) is 4.20. The Kier molecular flexibility index (Phi) is 15.6. The summed E-state index contributed by atoms with van der Waals surface area (Å²) in [5, 5.41) is 2.85. The van der Waals surface area contributed by atoms with Crippen molar-refractivity contribution < 1.29 is 41.8 Å². The van der Waals surface area contributed by atoms with Gasteiger partial charge >= 0.3 is 18.1 Å². The molecular weight excluding hydrogens is 565 g/mol. The highest BCUT2D eigenvalue weighted by molar-refractivity contribution is 6.00. The summed E-state index contributed by atoms with van der Waals surface area (Å²) in [5.41, 5.74) is 6.27. The first-order chi connectivity index (χ1) is 20.6. The van der Waals surface area contributed by atoms with E-state index in [1.54, 1.807) is 18.2 Å². The lowest BCUT2D eigenvalue weighted by molar-refractivity contribution is -0.193. The average Bonchev–Trinajstić information content (AvgIpc) is 2.98. The number of carbonyl (C=O) groups excluding carboxylic acids is 3. The van der Waals surface area contributed by atoms with Crippen LogP contribution in [0.1, 0.15) is 98.8 Å². The number of alkyl halides is 3. The Morgan fingerprint density at radius 3 is 1.79 bits per heavy atom. The maximum Gasteiger partial charge on any atom is 0.491 e.